The quantitative estimate of drug-likeness (QED) is 0.0495. The van der Waals surface area contributed by atoms with E-state index in [1.807, 2.05) is 13.8 Å². The van der Waals surface area contributed by atoms with E-state index in [2.05, 4.69) is 31.0 Å². The summed E-state index contributed by atoms with van der Waals surface area (Å²) in [6, 6.07) is -3.72. The fraction of sp³-hybridized carbons (Fsp3) is 0.708. The Morgan fingerprint density at radius 3 is 2.05 bits per heavy atom. The lowest BCUT2D eigenvalue weighted by Crippen LogP contribution is -2.55. The first-order chi connectivity index (χ1) is 18.4. The van der Waals surface area contributed by atoms with E-state index in [4.69, 9.17) is 16.2 Å². The SMILES string of the molecule is COC(=O)C(CC(C)C)NC(=O)C(CC(=O)O)NC(=O)CNC(=O)C(CCCN=C(N)N)NC(=O)OC(C)(C)C. The van der Waals surface area contributed by atoms with Crippen molar-refractivity contribution in [2.75, 3.05) is 20.2 Å². The van der Waals surface area contributed by atoms with Crippen LogP contribution in [0.15, 0.2) is 4.99 Å². The van der Waals surface area contributed by atoms with Crippen LogP contribution < -0.4 is 32.7 Å². The number of aliphatic carboxylic acids is 1. The number of guanidine groups is 1. The molecule has 0 aromatic carbocycles. The topological polar surface area (TPSA) is 254 Å². The van der Waals surface area contributed by atoms with E-state index >= 15 is 0 Å². The Morgan fingerprint density at radius 2 is 1.55 bits per heavy atom. The third-order valence-corrected chi connectivity index (χ3v) is 4.92. The number of ether oxygens (including phenoxy) is 2. The predicted molar refractivity (Wildman–Crippen MR) is 144 cm³/mol. The molecule has 0 aromatic rings. The van der Waals surface area contributed by atoms with Crippen LogP contribution in [0.3, 0.4) is 0 Å². The monoisotopic (exact) mass is 573 g/mol. The zero-order chi connectivity index (χ0) is 31.0. The van der Waals surface area contributed by atoms with Crippen LogP contribution in [-0.4, -0.2) is 90.7 Å². The molecule has 0 aromatic heterocycles. The van der Waals surface area contributed by atoms with E-state index in [0.717, 1.165) is 7.11 Å². The Kier molecular flexibility index (Phi) is 15.7. The minimum Gasteiger partial charge on any atom is -0.481 e. The Morgan fingerprint density at radius 1 is 0.925 bits per heavy atom. The van der Waals surface area contributed by atoms with Crippen molar-refractivity contribution in [3.63, 3.8) is 0 Å². The predicted octanol–water partition coefficient (Wildman–Crippen LogP) is -1.29. The molecule has 0 aliphatic carbocycles. The van der Waals surface area contributed by atoms with Gasteiger partial charge in [0.2, 0.25) is 17.7 Å². The molecule has 3 atom stereocenters. The number of hydrogen-bond acceptors (Lipinski definition) is 9. The van der Waals surface area contributed by atoms with Crippen molar-refractivity contribution in [3.8, 4) is 0 Å². The summed E-state index contributed by atoms with van der Waals surface area (Å²) in [5.74, 6) is -4.79. The van der Waals surface area contributed by atoms with E-state index in [-0.39, 0.29) is 31.3 Å². The summed E-state index contributed by atoms with van der Waals surface area (Å²) >= 11 is 0. The van der Waals surface area contributed by atoms with Gasteiger partial charge in [-0.15, -0.1) is 0 Å². The first kappa shape index (κ1) is 35.9. The molecule has 0 aliphatic heterocycles. The van der Waals surface area contributed by atoms with Gasteiger partial charge in [-0.2, -0.15) is 0 Å². The summed E-state index contributed by atoms with van der Waals surface area (Å²) in [6.45, 7) is 8.09. The van der Waals surface area contributed by atoms with Crippen molar-refractivity contribution < 1.29 is 43.3 Å². The highest BCUT2D eigenvalue weighted by Crippen LogP contribution is 2.09. The van der Waals surface area contributed by atoms with Gasteiger partial charge in [-0.25, -0.2) is 9.59 Å². The first-order valence-corrected chi connectivity index (χ1v) is 12.7. The lowest BCUT2D eigenvalue weighted by atomic mass is 10.0. The van der Waals surface area contributed by atoms with Crippen molar-refractivity contribution in [1.82, 2.24) is 21.3 Å². The van der Waals surface area contributed by atoms with Crippen LogP contribution in [-0.2, 0) is 33.4 Å². The summed E-state index contributed by atoms with van der Waals surface area (Å²) in [5.41, 5.74) is 9.75. The molecule has 0 fully saturated rings. The number of nitrogens with zero attached hydrogens (tertiary/aromatic N) is 1. The molecule has 40 heavy (non-hydrogen) atoms. The summed E-state index contributed by atoms with van der Waals surface area (Å²) in [6.07, 6.45) is -1.03. The second-order valence-electron chi connectivity index (χ2n) is 10.3. The van der Waals surface area contributed by atoms with Gasteiger partial charge in [0.15, 0.2) is 5.96 Å². The largest absolute Gasteiger partial charge is 0.481 e. The number of amides is 4. The van der Waals surface area contributed by atoms with Crippen molar-refractivity contribution >= 4 is 41.7 Å². The van der Waals surface area contributed by atoms with Crippen LogP contribution in [0.5, 0.6) is 0 Å². The van der Waals surface area contributed by atoms with Crippen molar-refractivity contribution in [2.24, 2.45) is 22.4 Å². The molecular weight excluding hydrogens is 530 g/mol. The number of carboxylic acids is 1. The molecule has 228 valence electrons. The standard InChI is InChI=1S/C24H43N7O9/c1-13(2)10-16(21(37)39-6)30-20(36)15(11-18(33)34)29-17(32)12-28-19(35)14(8-7-9-27-22(25)26)31-23(38)40-24(3,4)5/h13-16H,7-12H2,1-6H3,(H,28,35)(H,29,32)(H,30,36)(H,31,38)(H,33,34)(H4,25,26,27). The molecule has 9 N–H and O–H groups in total. The van der Waals surface area contributed by atoms with E-state index in [1.165, 1.54) is 0 Å². The number of alkyl carbamates (subject to hydrolysis) is 1. The molecule has 16 nitrogen and oxygen atoms in total. The minimum absolute atomic E-state index is 0.00571. The van der Waals surface area contributed by atoms with Crippen LogP contribution in [0.4, 0.5) is 4.79 Å². The van der Waals surface area contributed by atoms with E-state index in [9.17, 15) is 33.9 Å². The number of rotatable bonds is 16. The summed E-state index contributed by atoms with van der Waals surface area (Å²) < 4.78 is 9.86. The van der Waals surface area contributed by atoms with Crippen LogP contribution in [0.2, 0.25) is 0 Å². The average molecular weight is 574 g/mol. The summed E-state index contributed by atoms with van der Waals surface area (Å²) in [4.78, 5) is 77.4. The molecule has 16 heteroatoms. The third kappa shape index (κ3) is 16.7. The Balaban J connectivity index is 5.35. The zero-order valence-corrected chi connectivity index (χ0v) is 23.9. The number of carbonyl (C=O) groups is 6. The first-order valence-electron chi connectivity index (χ1n) is 12.7. The molecular formula is C24H43N7O9. The number of esters is 1. The maximum absolute atomic E-state index is 12.8. The molecule has 0 radical (unpaired) electrons. The van der Waals surface area contributed by atoms with Crippen molar-refractivity contribution in [2.45, 2.75) is 84.0 Å². The highest BCUT2D eigenvalue weighted by atomic mass is 16.6. The number of methoxy groups -OCH3 is 1. The van der Waals surface area contributed by atoms with E-state index < -0.39 is 72.4 Å². The third-order valence-electron chi connectivity index (χ3n) is 4.92. The normalized spacial score (nSPS) is 13.2. The number of nitrogens with one attached hydrogen (secondary N) is 4. The molecule has 3 unspecified atom stereocenters. The molecule has 0 aliphatic rings. The van der Waals surface area contributed by atoms with Gasteiger partial charge in [-0.05, 0) is 46.0 Å². The van der Waals surface area contributed by atoms with Gasteiger partial charge in [0.25, 0.3) is 0 Å². The summed E-state index contributed by atoms with van der Waals surface area (Å²) in [5, 5.41) is 18.6. The van der Waals surface area contributed by atoms with Gasteiger partial charge >= 0.3 is 18.0 Å². The Hall–Kier alpha value is -4.11. The maximum atomic E-state index is 12.8. The van der Waals surface area contributed by atoms with Crippen molar-refractivity contribution in [3.05, 3.63) is 0 Å². The van der Waals surface area contributed by atoms with Gasteiger partial charge in [0.1, 0.15) is 23.7 Å². The molecule has 0 saturated carbocycles. The second-order valence-corrected chi connectivity index (χ2v) is 10.3. The number of carboxylic acid groups (broad SMARTS) is 1. The van der Waals surface area contributed by atoms with E-state index in [1.54, 1.807) is 20.8 Å². The van der Waals surface area contributed by atoms with Gasteiger partial charge < -0.3 is 47.3 Å². The molecule has 0 heterocycles. The van der Waals surface area contributed by atoms with Crippen LogP contribution in [0, 0.1) is 5.92 Å². The van der Waals surface area contributed by atoms with Gasteiger partial charge in [0.05, 0.1) is 20.1 Å². The van der Waals surface area contributed by atoms with Gasteiger partial charge in [0, 0.05) is 6.54 Å². The lowest BCUT2D eigenvalue weighted by molar-refractivity contribution is -0.146. The maximum Gasteiger partial charge on any atom is 0.408 e. The molecule has 0 bridgehead atoms. The second kappa shape index (κ2) is 17.5. The lowest BCUT2D eigenvalue weighted by Gasteiger charge is -2.24. The molecule has 0 saturated heterocycles. The number of carbonyl (C=O) groups excluding carboxylic acids is 5. The summed E-state index contributed by atoms with van der Waals surface area (Å²) in [7, 11) is 1.15. The molecule has 0 spiro atoms. The van der Waals surface area contributed by atoms with Crippen molar-refractivity contribution in [1.29, 1.82) is 0 Å². The van der Waals surface area contributed by atoms with E-state index in [0.29, 0.717) is 6.42 Å². The fourth-order valence-electron chi connectivity index (χ4n) is 3.24. The van der Waals surface area contributed by atoms with Crippen LogP contribution in [0.1, 0.15) is 60.3 Å². The highest BCUT2D eigenvalue weighted by molar-refractivity contribution is 5.94. The fourth-order valence-corrected chi connectivity index (χ4v) is 3.24. The van der Waals surface area contributed by atoms with Gasteiger partial charge in [-0.1, -0.05) is 13.8 Å². The molecule has 0 rings (SSSR count). The zero-order valence-electron chi connectivity index (χ0n) is 23.9. The van der Waals surface area contributed by atoms with Crippen LogP contribution in [0.25, 0.3) is 0 Å². The number of aliphatic imine (C=N–C) groups is 1. The molecule has 4 amide bonds. The highest BCUT2D eigenvalue weighted by Gasteiger charge is 2.30. The number of hydrogen-bond donors (Lipinski definition) is 7. The Labute approximate surface area is 233 Å². The number of nitrogens with two attached hydrogens (primary N) is 2. The Bertz CT molecular complexity index is 928. The van der Waals surface area contributed by atoms with Crippen LogP contribution >= 0.6 is 0 Å². The minimum atomic E-state index is -1.54. The van der Waals surface area contributed by atoms with Gasteiger partial charge in [-0.3, -0.25) is 24.2 Å². The smallest absolute Gasteiger partial charge is 0.408 e. The average Bonchev–Trinajstić information content (AvgIpc) is 2.81.